The van der Waals surface area contributed by atoms with Crippen LogP contribution in [0.15, 0.2) is 36.4 Å². The number of hydrogen-bond donors (Lipinski definition) is 1. The van der Waals surface area contributed by atoms with Gasteiger partial charge in [0.05, 0.1) is 24.9 Å². The summed E-state index contributed by atoms with van der Waals surface area (Å²) >= 11 is -1.28. The predicted molar refractivity (Wildman–Crippen MR) is 114 cm³/mol. The summed E-state index contributed by atoms with van der Waals surface area (Å²) in [6.07, 6.45) is 0.440. The first kappa shape index (κ1) is 21.8. The number of hydrogen-bond acceptors (Lipinski definition) is 6. The number of nitrogens with zero attached hydrogens (tertiary/aromatic N) is 2. The average Bonchev–Trinajstić information content (AvgIpc) is 3.05. The third kappa shape index (κ3) is 4.48. The molecule has 2 atom stereocenters. The van der Waals surface area contributed by atoms with Gasteiger partial charge in [-0.2, -0.15) is 0 Å². The molecule has 1 aliphatic rings. The molecule has 0 radical (unpaired) electrons. The van der Waals surface area contributed by atoms with Crippen molar-refractivity contribution >= 4 is 17.3 Å². The summed E-state index contributed by atoms with van der Waals surface area (Å²) in [5, 5.41) is 9.71. The maximum atomic E-state index is 13.2. The number of carbonyl (C=O) groups is 1. The van der Waals surface area contributed by atoms with Gasteiger partial charge < -0.3 is 14.4 Å². The molecule has 0 fully saturated rings. The molecule has 29 heavy (non-hydrogen) atoms. The van der Waals surface area contributed by atoms with E-state index in [0.29, 0.717) is 18.7 Å². The van der Waals surface area contributed by atoms with E-state index >= 15 is 0 Å². The molecule has 0 spiro atoms. The number of fused-ring (bicyclic) bond motifs is 1. The number of aromatic nitrogens is 1. The van der Waals surface area contributed by atoms with Crippen molar-refractivity contribution in [1.29, 1.82) is 0 Å². The van der Waals surface area contributed by atoms with Crippen LogP contribution in [0.25, 0.3) is 11.3 Å². The molecule has 1 aromatic heterocycles. The van der Waals surface area contributed by atoms with Gasteiger partial charge in [-0.05, 0) is 45.7 Å². The van der Waals surface area contributed by atoms with Gasteiger partial charge in [-0.1, -0.05) is 30.3 Å². The fourth-order valence-electron chi connectivity index (χ4n) is 3.59. The van der Waals surface area contributed by atoms with E-state index in [-0.39, 0.29) is 24.9 Å². The van der Waals surface area contributed by atoms with Crippen LogP contribution >= 0.6 is 0 Å². The molecule has 0 saturated carbocycles. The van der Waals surface area contributed by atoms with Gasteiger partial charge in [-0.15, -0.1) is 4.31 Å². The minimum Gasteiger partial charge on any atom is -0.597 e. The van der Waals surface area contributed by atoms with Gasteiger partial charge in [0.1, 0.15) is 10.4 Å². The number of aliphatic hydroxyl groups is 1. The minimum atomic E-state index is -1.28. The SMILES string of the molecule is CCOC(=O)c1cc2c(c(-c3ccccc3)n1)[C@@H](CCO)N([S+]([O-])C(C)(C)C)C2. The van der Waals surface area contributed by atoms with E-state index < -0.39 is 22.1 Å². The Bertz CT molecular complexity index is 867. The summed E-state index contributed by atoms with van der Waals surface area (Å²) in [5.41, 5.74) is 3.63. The topological polar surface area (TPSA) is 85.7 Å². The minimum absolute atomic E-state index is 0.0319. The molecule has 1 N–H and O–H groups in total. The Morgan fingerprint density at radius 2 is 2.03 bits per heavy atom. The van der Waals surface area contributed by atoms with E-state index in [0.717, 1.165) is 16.7 Å². The summed E-state index contributed by atoms with van der Waals surface area (Å²) in [6.45, 7) is 8.22. The Labute approximate surface area is 175 Å². The lowest BCUT2D eigenvalue weighted by atomic mass is 9.96. The summed E-state index contributed by atoms with van der Waals surface area (Å²) < 4.78 is 19.9. The standard InChI is InChI=1S/C22H28N2O4S/c1-5-28-21(26)17-13-16-14-24(29(27)22(2,3)4)18(11-12-25)19(16)20(23-17)15-9-7-6-8-10-15/h6-10,13,18,25H,5,11-12,14H2,1-4H3/t18-,29?/m1/s1. The smallest absolute Gasteiger partial charge is 0.356 e. The largest absolute Gasteiger partial charge is 0.597 e. The van der Waals surface area contributed by atoms with Crippen molar-refractivity contribution in [3.05, 3.63) is 53.2 Å². The zero-order valence-corrected chi connectivity index (χ0v) is 18.2. The number of rotatable bonds is 6. The first-order chi connectivity index (χ1) is 13.8. The van der Waals surface area contributed by atoms with Crippen molar-refractivity contribution < 1.29 is 19.2 Å². The molecule has 0 amide bonds. The number of carbonyl (C=O) groups excluding carboxylic acids is 1. The first-order valence-corrected chi connectivity index (χ1v) is 10.9. The van der Waals surface area contributed by atoms with E-state index in [2.05, 4.69) is 4.98 Å². The van der Waals surface area contributed by atoms with Crippen molar-refractivity contribution in [3.8, 4) is 11.3 Å². The number of pyridine rings is 1. The second-order valence-corrected chi connectivity index (χ2v) is 10.2. The Morgan fingerprint density at radius 1 is 1.34 bits per heavy atom. The Morgan fingerprint density at radius 3 is 2.62 bits per heavy atom. The van der Waals surface area contributed by atoms with Gasteiger partial charge >= 0.3 is 5.97 Å². The lowest BCUT2D eigenvalue weighted by molar-refractivity contribution is 0.0519. The quantitative estimate of drug-likeness (QED) is 0.572. The number of esters is 1. The van der Waals surface area contributed by atoms with Gasteiger partial charge in [-0.3, -0.25) is 0 Å². The van der Waals surface area contributed by atoms with Crippen LogP contribution in [-0.2, 0) is 22.6 Å². The summed E-state index contributed by atoms with van der Waals surface area (Å²) in [4.78, 5) is 17.1. The molecule has 0 aliphatic carbocycles. The van der Waals surface area contributed by atoms with Crippen LogP contribution in [0.2, 0.25) is 0 Å². The molecule has 1 aromatic carbocycles. The van der Waals surface area contributed by atoms with E-state index in [9.17, 15) is 14.5 Å². The van der Waals surface area contributed by atoms with Crippen molar-refractivity contribution in [2.24, 2.45) is 0 Å². The van der Waals surface area contributed by atoms with Crippen LogP contribution in [0.5, 0.6) is 0 Å². The zero-order chi connectivity index (χ0) is 21.2. The Balaban J connectivity index is 2.17. The molecule has 2 aromatic rings. The molecule has 7 heteroatoms. The average molecular weight is 417 g/mol. The van der Waals surface area contributed by atoms with Gasteiger partial charge in [-0.25, -0.2) is 9.78 Å². The second-order valence-electron chi connectivity index (χ2n) is 7.98. The molecule has 3 rings (SSSR count). The maximum Gasteiger partial charge on any atom is 0.356 e. The summed E-state index contributed by atoms with van der Waals surface area (Å²) in [5.74, 6) is -0.471. The van der Waals surface area contributed by atoms with Crippen LogP contribution in [0, 0.1) is 0 Å². The van der Waals surface area contributed by atoms with Crippen LogP contribution < -0.4 is 0 Å². The van der Waals surface area contributed by atoms with Crippen molar-refractivity contribution in [1.82, 2.24) is 9.29 Å². The lowest BCUT2D eigenvalue weighted by Gasteiger charge is -2.33. The fourth-order valence-corrected chi connectivity index (χ4v) is 5.00. The summed E-state index contributed by atoms with van der Waals surface area (Å²) in [7, 11) is 0. The lowest BCUT2D eigenvalue weighted by Crippen LogP contribution is -2.42. The molecule has 6 nitrogen and oxygen atoms in total. The third-order valence-electron chi connectivity index (χ3n) is 4.82. The van der Waals surface area contributed by atoms with Gasteiger partial charge in [0, 0.05) is 29.1 Å². The molecule has 156 valence electrons. The molecular weight excluding hydrogens is 388 g/mol. The van der Waals surface area contributed by atoms with E-state index in [4.69, 9.17) is 4.74 Å². The number of ether oxygens (including phenoxy) is 1. The molecule has 1 aliphatic heterocycles. The highest BCUT2D eigenvalue weighted by atomic mass is 32.2. The molecule has 2 heterocycles. The Hall–Kier alpha value is -1.93. The molecular formula is C22H28N2O4S. The van der Waals surface area contributed by atoms with Gasteiger partial charge in [0.15, 0.2) is 0 Å². The van der Waals surface area contributed by atoms with E-state index in [1.54, 1.807) is 13.0 Å². The van der Waals surface area contributed by atoms with Crippen molar-refractivity contribution in [2.75, 3.05) is 13.2 Å². The van der Waals surface area contributed by atoms with Crippen LogP contribution in [-0.4, -0.2) is 42.9 Å². The normalized spacial score (nSPS) is 17.8. The Kier molecular flexibility index (Phi) is 6.63. The summed E-state index contributed by atoms with van der Waals surface area (Å²) in [6, 6.07) is 11.1. The highest BCUT2D eigenvalue weighted by Gasteiger charge is 2.44. The third-order valence-corrected chi connectivity index (χ3v) is 6.68. The molecule has 1 unspecified atom stereocenters. The van der Waals surface area contributed by atoms with Gasteiger partial charge in [0.2, 0.25) is 0 Å². The maximum absolute atomic E-state index is 13.2. The van der Waals surface area contributed by atoms with Crippen molar-refractivity contribution in [3.63, 3.8) is 0 Å². The highest BCUT2D eigenvalue weighted by Crippen LogP contribution is 2.44. The van der Waals surface area contributed by atoms with Gasteiger partial charge in [0.25, 0.3) is 0 Å². The monoisotopic (exact) mass is 416 g/mol. The van der Waals surface area contributed by atoms with E-state index in [1.807, 2.05) is 55.4 Å². The molecule has 0 saturated heterocycles. The zero-order valence-electron chi connectivity index (χ0n) is 17.3. The van der Waals surface area contributed by atoms with Crippen LogP contribution in [0.1, 0.15) is 61.8 Å². The number of aliphatic hydroxyl groups excluding tert-OH is 1. The highest BCUT2D eigenvalue weighted by molar-refractivity contribution is 7.90. The second kappa shape index (κ2) is 8.83. The molecule has 0 bridgehead atoms. The van der Waals surface area contributed by atoms with Crippen LogP contribution in [0.3, 0.4) is 0 Å². The first-order valence-electron chi connectivity index (χ1n) is 9.83. The predicted octanol–water partition coefficient (Wildman–Crippen LogP) is 3.63. The number of benzene rings is 1. The van der Waals surface area contributed by atoms with Crippen LogP contribution in [0.4, 0.5) is 0 Å². The fraction of sp³-hybridized carbons (Fsp3) is 0.455. The van der Waals surface area contributed by atoms with E-state index in [1.165, 1.54) is 0 Å². The van der Waals surface area contributed by atoms with Crippen molar-refractivity contribution in [2.45, 2.75) is 51.4 Å².